The predicted molar refractivity (Wildman–Crippen MR) is 135 cm³/mol. The molecule has 180 valence electrons. The number of likely N-dealkylation sites (N-methyl/N-ethyl adjacent to an activating group) is 1. The highest BCUT2D eigenvalue weighted by molar-refractivity contribution is 8.26. The van der Waals surface area contributed by atoms with E-state index in [0.717, 1.165) is 51.0 Å². The van der Waals surface area contributed by atoms with Crippen molar-refractivity contribution in [1.29, 1.82) is 0 Å². The van der Waals surface area contributed by atoms with Gasteiger partial charge < -0.3 is 14.4 Å². The van der Waals surface area contributed by atoms with Crippen LogP contribution in [0.3, 0.4) is 0 Å². The number of carbonyl (C=O) groups excluding carboxylic acids is 2. The first-order valence-electron chi connectivity index (χ1n) is 11.1. The first kappa shape index (κ1) is 25.5. The van der Waals surface area contributed by atoms with Crippen LogP contribution in [0, 0.1) is 0 Å². The molecule has 8 nitrogen and oxygen atoms in total. The molecule has 1 N–H and O–H groups in total. The van der Waals surface area contributed by atoms with Crippen LogP contribution >= 0.6 is 24.0 Å². The largest absolute Gasteiger partial charge is 0.493 e. The Kier molecular flexibility index (Phi) is 9.54. The lowest BCUT2D eigenvalue weighted by molar-refractivity contribution is -0.127. The Morgan fingerprint density at radius 3 is 2.55 bits per heavy atom. The zero-order valence-corrected chi connectivity index (χ0v) is 21.1. The third kappa shape index (κ3) is 7.17. The minimum Gasteiger partial charge on any atom is -0.493 e. The monoisotopic (exact) mass is 492 g/mol. The van der Waals surface area contributed by atoms with E-state index in [1.165, 1.54) is 11.8 Å². The van der Waals surface area contributed by atoms with E-state index in [1.807, 2.05) is 29.3 Å². The second-order valence-electron chi connectivity index (χ2n) is 8.08. The Morgan fingerprint density at radius 2 is 1.85 bits per heavy atom. The van der Waals surface area contributed by atoms with E-state index < -0.39 is 0 Å². The molecule has 1 aromatic carbocycles. The van der Waals surface area contributed by atoms with Crippen LogP contribution in [-0.2, 0) is 9.59 Å². The van der Waals surface area contributed by atoms with Crippen molar-refractivity contribution in [3.8, 4) is 11.5 Å². The number of nitrogens with one attached hydrogen (secondary N) is 1. The number of benzene rings is 1. The molecule has 0 saturated carbocycles. The van der Waals surface area contributed by atoms with Crippen LogP contribution in [0.4, 0.5) is 0 Å². The summed E-state index contributed by atoms with van der Waals surface area (Å²) in [7, 11) is 5.25. The molecule has 2 aliphatic heterocycles. The molecule has 0 radical (unpaired) electrons. The van der Waals surface area contributed by atoms with Gasteiger partial charge in [-0.2, -0.15) is 0 Å². The molecule has 2 aliphatic rings. The third-order valence-electron chi connectivity index (χ3n) is 5.65. The summed E-state index contributed by atoms with van der Waals surface area (Å²) >= 11 is 6.74. The van der Waals surface area contributed by atoms with Gasteiger partial charge in [0.1, 0.15) is 4.32 Å². The molecule has 0 atom stereocenters. The molecular weight excluding hydrogens is 460 g/mol. The quantitative estimate of drug-likeness (QED) is 0.304. The van der Waals surface area contributed by atoms with Crippen molar-refractivity contribution in [3.05, 3.63) is 28.7 Å². The van der Waals surface area contributed by atoms with Crippen LogP contribution in [0.5, 0.6) is 11.5 Å². The maximum absolute atomic E-state index is 12.8. The minimum absolute atomic E-state index is 0.0583. The number of hydrogen-bond acceptors (Lipinski definition) is 8. The Morgan fingerprint density at radius 1 is 1.12 bits per heavy atom. The highest BCUT2D eigenvalue weighted by Gasteiger charge is 2.31. The molecule has 2 amide bonds. The lowest BCUT2D eigenvalue weighted by Gasteiger charge is -2.32. The van der Waals surface area contributed by atoms with E-state index in [9.17, 15) is 9.59 Å². The van der Waals surface area contributed by atoms with E-state index in [2.05, 4.69) is 17.4 Å². The Labute approximate surface area is 205 Å². The first-order chi connectivity index (χ1) is 15.9. The van der Waals surface area contributed by atoms with Crippen molar-refractivity contribution in [2.45, 2.75) is 25.7 Å². The second kappa shape index (κ2) is 12.4. The van der Waals surface area contributed by atoms with Gasteiger partial charge >= 0.3 is 0 Å². The molecule has 0 aliphatic carbocycles. The molecule has 2 fully saturated rings. The van der Waals surface area contributed by atoms with Crippen molar-refractivity contribution in [3.63, 3.8) is 0 Å². The third-order valence-corrected chi connectivity index (χ3v) is 7.03. The Balaban J connectivity index is 1.42. The van der Waals surface area contributed by atoms with E-state index in [4.69, 9.17) is 21.7 Å². The SMILES string of the molecule is COc1ccc(/C=C2\SC(=S)N(CCCCCC(=O)NN3CCN(C)CC3)C2=O)cc1OC. The number of carbonyl (C=O) groups is 2. The number of hydrogen-bond donors (Lipinski definition) is 1. The molecular formula is C23H32N4O4S2. The number of amides is 2. The van der Waals surface area contributed by atoms with Crippen molar-refractivity contribution < 1.29 is 19.1 Å². The van der Waals surface area contributed by atoms with Crippen molar-refractivity contribution in [2.75, 3.05) is 54.0 Å². The zero-order chi connectivity index (χ0) is 23.8. The van der Waals surface area contributed by atoms with Gasteiger partial charge in [0.15, 0.2) is 11.5 Å². The first-order valence-corrected chi connectivity index (χ1v) is 12.3. The fraction of sp³-hybridized carbons (Fsp3) is 0.522. The topological polar surface area (TPSA) is 74.4 Å². The summed E-state index contributed by atoms with van der Waals surface area (Å²) < 4.78 is 11.2. The van der Waals surface area contributed by atoms with E-state index in [0.29, 0.717) is 33.7 Å². The maximum Gasteiger partial charge on any atom is 0.266 e. The van der Waals surface area contributed by atoms with Gasteiger partial charge in [0.25, 0.3) is 5.91 Å². The van der Waals surface area contributed by atoms with E-state index in [-0.39, 0.29) is 11.8 Å². The van der Waals surface area contributed by atoms with Gasteiger partial charge in [-0.25, -0.2) is 5.01 Å². The normalized spacial score (nSPS) is 18.8. The molecule has 2 heterocycles. The summed E-state index contributed by atoms with van der Waals surface area (Å²) in [6.45, 7) is 4.20. The Bertz CT molecular complexity index is 900. The van der Waals surface area contributed by atoms with E-state index >= 15 is 0 Å². The average Bonchev–Trinajstić information content (AvgIpc) is 3.07. The van der Waals surface area contributed by atoms with Gasteiger partial charge in [-0.15, -0.1) is 0 Å². The zero-order valence-electron chi connectivity index (χ0n) is 19.5. The van der Waals surface area contributed by atoms with Gasteiger partial charge in [-0.1, -0.05) is 36.5 Å². The smallest absolute Gasteiger partial charge is 0.266 e. The van der Waals surface area contributed by atoms with Crippen LogP contribution in [0.25, 0.3) is 6.08 Å². The summed E-state index contributed by atoms with van der Waals surface area (Å²) in [6.07, 6.45) is 4.77. The number of unbranched alkanes of at least 4 members (excludes halogenated alkanes) is 2. The number of methoxy groups -OCH3 is 2. The number of rotatable bonds is 10. The van der Waals surface area contributed by atoms with Gasteiger partial charge in [0.05, 0.1) is 19.1 Å². The van der Waals surface area contributed by atoms with Crippen molar-refractivity contribution in [2.24, 2.45) is 0 Å². The molecule has 0 aromatic heterocycles. The molecule has 0 spiro atoms. The van der Waals surface area contributed by atoms with Gasteiger partial charge in [0.2, 0.25) is 5.91 Å². The van der Waals surface area contributed by atoms with Crippen LogP contribution in [0.15, 0.2) is 23.1 Å². The van der Waals surface area contributed by atoms with Gasteiger partial charge in [0, 0.05) is 39.1 Å². The highest BCUT2D eigenvalue weighted by Crippen LogP contribution is 2.34. The molecule has 33 heavy (non-hydrogen) atoms. The average molecular weight is 493 g/mol. The number of thiocarbonyl (C=S) groups is 1. The van der Waals surface area contributed by atoms with Crippen LogP contribution in [-0.4, -0.2) is 84.9 Å². The lowest BCUT2D eigenvalue weighted by atomic mass is 10.1. The molecule has 2 saturated heterocycles. The van der Waals surface area contributed by atoms with E-state index in [1.54, 1.807) is 19.1 Å². The standard InChI is InChI=1S/C23H32N4O4S2/c1-25-11-13-26(14-12-25)24-21(28)7-5-4-6-10-27-22(29)20(33-23(27)32)16-17-8-9-18(30-2)19(15-17)31-3/h8-9,15-16H,4-7,10-14H2,1-3H3,(H,24,28)/b20-16-. The van der Waals surface area contributed by atoms with Crippen LogP contribution in [0.1, 0.15) is 31.2 Å². The fourth-order valence-corrected chi connectivity index (χ4v) is 4.98. The summed E-state index contributed by atoms with van der Waals surface area (Å²) in [6, 6.07) is 5.52. The number of hydrazine groups is 1. The fourth-order valence-electron chi connectivity index (χ4n) is 3.67. The number of piperazine rings is 1. The minimum atomic E-state index is -0.0763. The van der Waals surface area contributed by atoms with Crippen LogP contribution < -0.4 is 14.9 Å². The van der Waals surface area contributed by atoms with Crippen molar-refractivity contribution >= 4 is 46.2 Å². The highest BCUT2D eigenvalue weighted by atomic mass is 32.2. The number of thioether (sulfide) groups is 1. The summed E-state index contributed by atoms with van der Waals surface area (Å²) in [5, 5.41) is 1.99. The molecule has 10 heteroatoms. The molecule has 3 rings (SSSR count). The lowest BCUT2D eigenvalue weighted by Crippen LogP contribution is -2.52. The maximum atomic E-state index is 12.8. The molecule has 0 unspecified atom stereocenters. The predicted octanol–water partition coefficient (Wildman–Crippen LogP) is 2.74. The summed E-state index contributed by atoms with van der Waals surface area (Å²) in [4.78, 5) is 29.5. The van der Waals surface area contributed by atoms with Gasteiger partial charge in [-0.05, 0) is 43.7 Å². The van der Waals surface area contributed by atoms with Gasteiger partial charge in [-0.3, -0.25) is 19.9 Å². The summed E-state index contributed by atoms with van der Waals surface area (Å²) in [5.74, 6) is 1.23. The van der Waals surface area contributed by atoms with Crippen LogP contribution in [0.2, 0.25) is 0 Å². The number of ether oxygens (including phenoxy) is 2. The second-order valence-corrected chi connectivity index (χ2v) is 9.76. The summed E-state index contributed by atoms with van der Waals surface area (Å²) in [5.41, 5.74) is 3.83. The number of nitrogens with zero attached hydrogens (tertiary/aromatic N) is 3. The van der Waals surface area contributed by atoms with Crippen molar-refractivity contribution in [1.82, 2.24) is 20.2 Å². The molecule has 0 bridgehead atoms. The molecule has 1 aromatic rings. The Hall–Kier alpha value is -2.14.